The van der Waals surface area contributed by atoms with Crippen molar-refractivity contribution in [3.8, 4) is 0 Å². The van der Waals surface area contributed by atoms with E-state index in [-0.39, 0.29) is 17.2 Å². The van der Waals surface area contributed by atoms with Gasteiger partial charge in [0.25, 0.3) is 0 Å². The lowest BCUT2D eigenvalue weighted by molar-refractivity contribution is -0.134. The quantitative estimate of drug-likeness (QED) is 0.868. The SMILES string of the molecule is Cc1cc(C)n(CC(=O)N2CCC3(CC2)CNC(=O)C3)n1. The molecule has 6 heteroatoms. The second-order valence-corrected chi connectivity index (χ2v) is 6.42. The monoisotopic (exact) mass is 290 g/mol. The first-order valence-electron chi connectivity index (χ1n) is 7.53. The van der Waals surface area contributed by atoms with E-state index in [2.05, 4.69) is 10.4 Å². The van der Waals surface area contributed by atoms with Gasteiger partial charge < -0.3 is 10.2 Å². The molecule has 2 fully saturated rings. The summed E-state index contributed by atoms with van der Waals surface area (Å²) in [6, 6.07) is 1.98. The summed E-state index contributed by atoms with van der Waals surface area (Å²) in [5.41, 5.74) is 2.04. The topological polar surface area (TPSA) is 67.2 Å². The summed E-state index contributed by atoms with van der Waals surface area (Å²) in [5, 5.41) is 7.26. The van der Waals surface area contributed by atoms with Crippen LogP contribution in [0, 0.1) is 19.3 Å². The third kappa shape index (κ3) is 2.80. The molecular formula is C15H22N4O2. The third-order valence-electron chi connectivity index (χ3n) is 4.76. The first-order chi connectivity index (χ1) is 9.97. The normalized spacial score (nSPS) is 20.9. The fourth-order valence-electron chi connectivity index (χ4n) is 3.40. The second kappa shape index (κ2) is 5.16. The molecule has 6 nitrogen and oxygen atoms in total. The molecule has 0 atom stereocenters. The van der Waals surface area contributed by atoms with Crippen molar-refractivity contribution in [2.24, 2.45) is 5.41 Å². The second-order valence-electron chi connectivity index (χ2n) is 6.42. The van der Waals surface area contributed by atoms with Gasteiger partial charge in [0.1, 0.15) is 6.54 Å². The summed E-state index contributed by atoms with van der Waals surface area (Å²) < 4.78 is 1.77. The minimum absolute atomic E-state index is 0.0894. The zero-order valence-electron chi connectivity index (χ0n) is 12.7. The number of nitrogens with one attached hydrogen (secondary N) is 1. The average Bonchev–Trinajstić information content (AvgIpc) is 2.94. The van der Waals surface area contributed by atoms with Crippen LogP contribution in [0.3, 0.4) is 0 Å². The molecule has 0 radical (unpaired) electrons. The zero-order chi connectivity index (χ0) is 15.0. The van der Waals surface area contributed by atoms with Gasteiger partial charge in [-0.1, -0.05) is 0 Å². The van der Waals surface area contributed by atoms with Gasteiger partial charge in [-0.05, 0) is 38.2 Å². The summed E-state index contributed by atoms with van der Waals surface area (Å²) in [4.78, 5) is 25.7. The molecule has 2 saturated heterocycles. The highest BCUT2D eigenvalue weighted by Gasteiger charge is 2.41. The fourth-order valence-corrected chi connectivity index (χ4v) is 3.40. The van der Waals surface area contributed by atoms with E-state index in [4.69, 9.17) is 0 Å². The Morgan fingerprint density at radius 2 is 2.10 bits per heavy atom. The van der Waals surface area contributed by atoms with Gasteiger partial charge in [0.15, 0.2) is 0 Å². The summed E-state index contributed by atoms with van der Waals surface area (Å²) in [7, 11) is 0. The van der Waals surface area contributed by atoms with E-state index >= 15 is 0 Å². The minimum atomic E-state index is 0.0894. The Labute approximate surface area is 124 Å². The lowest BCUT2D eigenvalue weighted by atomic mass is 9.77. The number of nitrogens with zero attached hydrogens (tertiary/aromatic N) is 3. The molecule has 1 spiro atoms. The van der Waals surface area contributed by atoms with Crippen LogP contribution in [-0.2, 0) is 16.1 Å². The van der Waals surface area contributed by atoms with Crippen molar-refractivity contribution in [3.63, 3.8) is 0 Å². The summed E-state index contributed by atoms with van der Waals surface area (Å²) in [6.07, 6.45) is 2.44. The number of hydrogen-bond donors (Lipinski definition) is 1. The van der Waals surface area contributed by atoms with Gasteiger partial charge >= 0.3 is 0 Å². The van der Waals surface area contributed by atoms with Crippen molar-refractivity contribution in [1.29, 1.82) is 0 Å². The smallest absolute Gasteiger partial charge is 0.244 e. The van der Waals surface area contributed by atoms with Crippen LogP contribution >= 0.6 is 0 Å². The number of amides is 2. The van der Waals surface area contributed by atoms with E-state index < -0.39 is 0 Å². The van der Waals surface area contributed by atoms with Gasteiger partial charge in [0.05, 0.1) is 5.69 Å². The molecule has 0 aromatic carbocycles. The molecule has 0 aliphatic carbocycles. The summed E-state index contributed by atoms with van der Waals surface area (Å²) in [6.45, 7) is 6.46. The maximum absolute atomic E-state index is 12.4. The molecule has 1 aromatic heterocycles. The van der Waals surface area contributed by atoms with E-state index in [1.165, 1.54) is 0 Å². The Morgan fingerprint density at radius 1 is 1.38 bits per heavy atom. The fraction of sp³-hybridized carbons (Fsp3) is 0.667. The van der Waals surface area contributed by atoms with Gasteiger partial charge in [-0.15, -0.1) is 0 Å². The van der Waals surface area contributed by atoms with Crippen molar-refractivity contribution < 1.29 is 9.59 Å². The molecule has 3 heterocycles. The predicted molar refractivity (Wildman–Crippen MR) is 77.6 cm³/mol. The van der Waals surface area contributed by atoms with Gasteiger partial charge in [-0.25, -0.2) is 0 Å². The third-order valence-corrected chi connectivity index (χ3v) is 4.76. The number of carbonyl (C=O) groups excluding carboxylic acids is 2. The maximum Gasteiger partial charge on any atom is 0.244 e. The molecule has 0 saturated carbocycles. The molecule has 2 aliphatic heterocycles. The maximum atomic E-state index is 12.4. The van der Waals surface area contributed by atoms with Crippen molar-refractivity contribution in [3.05, 3.63) is 17.5 Å². The van der Waals surface area contributed by atoms with E-state index in [1.807, 2.05) is 24.8 Å². The van der Waals surface area contributed by atoms with Crippen LogP contribution in [0.25, 0.3) is 0 Å². The highest BCUT2D eigenvalue weighted by molar-refractivity contribution is 5.79. The Hall–Kier alpha value is -1.85. The van der Waals surface area contributed by atoms with Gasteiger partial charge in [0.2, 0.25) is 11.8 Å². The van der Waals surface area contributed by atoms with Crippen molar-refractivity contribution in [2.75, 3.05) is 19.6 Å². The standard InChI is InChI=1S/C15H22N4O2/c1-11-7-12(2)19(17-11)9-14(21)18-5-3-15(4-6-18)8-13(20)16-10-15/h7H,3-6,8-10H2,1-2H3,(H,16,20). The van der Waals surface area contributed by atoms with Crippen molar-refractivity contribution >= 4 is 11.8 Å². The first-order valence-corrected chi connectivity index (χ1v) is 7.53. The highest BCUT2D eigenvalue weighted by Crippen LogP contribution is 2.37. The van der Waals surface area contributed by atoms with E-state index in [1.54, 1.807) is 4.68 Å². The molecule has 0 unspecified atom stereocenters. The molecule has 2 amide bonds. The average molecular weight is 290 g/mol. The molecule has 0 bridgehead atoms. The molecule has 3 rings (SSSR count). The van der Waals surface area contributed by atoms with Gasteiger partial charge in [0, 0.05) is 31.7 Å². The molecule has 1 aromatic rings. The number of aromatic nitrogens is 2. The number of carbonyl (C=O) groups is 2. The highest BCUT2D eigenvalue weighted by atomic mass is 16.2. The van der Waals surface area contributed by atoms with Crippen molar-refractivity contribution in [1.82, 2.24) is 20.0 Å². The van der Waals surface area contributed by atoms with E-state index in [0.717, 1.165) is 43.9 Å². The number of likely N-dealkylation sites (tertiary alicyclic amines) is 1. The first kappa shape index (κ1) is 14.1. The lowest BCUT2D eigenvalue weighted by Crippen LogP contribution is -2.45. The zero-order valence-corrected chi connectivity index (χ0v) is 12.7. The number of aryl methyl sites for hydroxylation is 2. The van der Waals surface area contributed by atoms with E-state index in [0.29, 0.717) is 13.0 Å². The molecule has 21 heavy (non-hydrogen) atoms. The number of hydrogen-bond acceptors (Lipinski definition) is 3. The van der Waals surface area contributed by atoms with E-state index in [9.17, 15) is 9.59 Å². The minimum Gasteiger partial charge on any atom is -0.356 e. The van der Waals surface area contributed by atoms with Crippen LogP contribution in [0.15, 0.2) is 6.07 Å². The van der Waals surface area contributed by atoms with Crippen LogP contribution < -0.4 is 5.32 Å². The van der Waals surface area contributed by atoms with Crippen molar-refractivity contribution in [2.45, 2.75) is 39.7 Å². The predicted octanol–water partition coefficient (Wildman–Crippen LogP) is 0.629. The molecular weight excluding hydrogens is 268 g/mol. The van der Waals surface area contributed by atoms with Crippen LogP contribution in [-0.4, -0.2) is 46.1 Å². The summed E-state index contributed by atoms with van der Waals surface area (Å²) >= 11 is 0. The number of rotatable bonds is 2. The Balaban J connectivity index is 1.58. The Morgan fingerprint density at radius 3 is 2.62 bits per heavy atom. The molecule has 2 aliphatic rings. The Kier molecular flexibility index (Phi) is 3.47. The largest absolute Gasteiger partial charge is 0.356 e. The lowest BCUT2D eigenvalue weighted by Gasteiger charge is -2.38. The Bertz CT molecular complexity index is 570. The van der Waals surface area contributed by atoms with Crippen LogP contribution in [0.2, 0.25) is 0 Å². The van der Waals surface area contributed by atoms with Gasteiger partial charge in [-0.3, -0.25) is 14.3 Å². The van der Waals surface area contributed by atoms with Crippen LogP contribution in [0.4, 0.5) is 0 Å². The molecule has 1 N–H and O–H groups in total. The number of piperidine rings is 1. The van der Waals surface area contributed by atoms with Crippen LogP contribution in [0.1, 0.15) is 30.7 Å². The van der Waals surface area contributed by atoms with Crippen LogP contribution in [0.5, 0.6) is 0 Å². The molecule has 114 valence electrons. The summed E-state index contributed by atoms with van der Waals surface area (Å²) in [5.74, 6) is 0.269. The van der Waals surface area contributed by atoms with Gasteiger partial charge in [-0.2, -0.15) is 5.10 Å².